The van der Waals surface area contributed by atoms with Crippen molar-refractivity contribution in [2.24, 2.45) is 11.8 Å². The zero-order valence-corrected chi connectivity index (χ0v) is 13.2. The third kappa shape index (κ3) is 1.85. The predicted octanol–water partition coefficient (Wildman–Crippen LogP) is 2.21. The third-order valence-electron chi connectivity index (χ3n) is 5.80. The van der Waals surface area contributed by atoms with Gasteiger partial charge >= 0.3 is 0 Å². The van der Waals surface area contributed by atoms with Gasteiger partial charge in [-0.15, -0.1) is 0 Å². The second-order valence-electron chi connectivity index (χ2n) is 6.92. The highest BCUT2D eigenvalue weighted by atomic mass is 16.6. The number of fused-ring (bicyclic) bond motifs is 6. The molecule has 7 heteroatoms. The summed E-state index contributed by atoms with van der Waals surface area (Å²) in [6, 6.07) is 9.87. The van der Waals surface area contributed by atoms with Crippen molar-refractivity contribution >= 4 is 28.1 Å². The molecule has 3 saturated heterocycles. The highest BCUT2D eigenvalue weighted by Crippen LogP contribution is 2.52. The van der Waals surface area contributed by atoms with Crippen LogP contribution in [-0.4, -0.2) is 34.4 Å². The van der Waals surface area contributed by atoms with Crippen LogP contribution in [0.4, 0.5) is 11.4 Å². The molecule has 0 spiro atoms. The van der Waals surface area contributed by atoms with Gasteiger partial charge in [-0.25, -0.2) is 0 Å². The van der Waals surface area contributed by atoms with Crippen LogP contribution >= 0.6 is 0 Å². The average molecular weight is 340 g/mol. The van der Waals surface area contributed by atoms with E-state index < -0.39 is 11.2 Å². The maximum Gasteiger partial charge on any atom is 0.277 e. The van der Waals surface area contributed by atoms with Crippen LogP contribution in [0.3, 0.4) is 0 Å². The Labute approximate surface area is 142 Å². The molecule has 0 saturated carbocycles. The summed E-state index contributed by atoms with van der Waals surface area (Å²) in [6.07, 6.45) is 0.553. The number of amides is 1. The number of benzene rings is 2. The minimum Gasteiger partial charge on any atom is -0.374 e. The first-order valence-corrected chi connectivity index (χ1v) is 8.40. The Bertz CT molecular complexity index is 913. The van der Waals surface area contributed by atoms with Crippen LogP contribution in [0.2, 0.25) is 0 Å². The summed E-state index contributed by atoms with van der Waals surface area (Å²) < 4.78 is 5.81. The molecule has 1 N–H and O–H groups in total. The van der Waals surface area contributed by atoms with E-state index in [2.05, 4.69) is 0 Å². The van der Waals surface area contributed by atoms with Crippen LogP contribution in [0.5, 0.6) is 0 Å². The fourth-order valence-electron chi connectivity index (χ4n) is 4.78. The van der Waals surface area contributed by atoms with Gasteiger partial charge in [0.05, 0.1) is 34.1 Å². The summed E-state index contributed by atoms with van der Waals surface area (Å²) in [7, 11) is 0. The van der Waals surface area contributed by atoms with E-state index in [1.54, 1.807) is 30.3 Å². The van der Waals surface area contributed by atoms with Gasteiger partial charge in [0.25, 0.3) is 5.69 Å². The molecule has 3 fully saturated rings. The molecule has 3 aliphatic heterocycles. The molecule has 25 heavy (non-hydrogen) atoms. The number of carbonyl (C=O) groups is 1. The van der Waals surface area contributed by atoms with Gasteiger partial charge in [-0.2, -0.15) is 0 Å². The zero-order valence-electron chi connectivity index (χ0n) is 13.2. The van der Waals surface area contributed by atoms with Crippen LogP contribution in [-0.2, 0) is 9.53 Å². The van der Waals surface area contributed by atoms with Gasteiger partial charge in [-0.05, 0) is 25.0 Å². The molecule has 128 valence electrons. The van der Waals surface area contributed by atoms with Gasteiger partial charge in [0.1, 0.15) is 6.23 Å². The van der Waals surface area contributed by atoms with E-state index in [-0.39, 0.29) is 35.6 Å². The number of non-ortho nitro benzene ring substituents is 1. The molecule has 2 bridgehead atoms. The summed E-state index contributed by atoms with van der Waals surface area (Å²) in [6.45, 7) is 0. The lowest BCUT2D eigenvalue weighted by Crippen LogP contribution is -2.38. The molecule has 3 aliphatic rings. The van der Waals surface area contributed by atoms with Crippen LogP contribution in [0.25, 0.3) is 10.8 Å². The highest BCUT2D eigenvalue weighted by Gasteiger charge is 2.62. The number of hydrogen-bond acceptors (Lipinski definition) is 5. The molecule has 5 rings (SSSR count). The number of nitrogens with zero attached hydrogens (tertiary/aromatic N) is 2. The normalized spacial score (nSPS) is 33.2. The molecule has 0 radical (unpaired) electrons. The maximum absolute atomic E-state index is 13.0. The highest BCUT2D eigenvalue weighted by molar-refractivity contribution is 6.08. The van der Waals surface area contributed by atoms with E-state index in [1.165, 1.54) is 11.0 Å². The number of nitro benzene ring substituents is 1. The Morgan fingerprint density at radius 3 is 2.56 bits per heavy atom. The second kappa shape index (κ2) is 5.00. The standard InChI is InChI=1S/C18H16N2O5/c21-17-15-13-7-8-14(25-13)16(15)18(22)19(17)11-5-6-12(20(23)24)10-4-2-1-3-9(10)11/h1-6,13-17,21H,7-8H2/t13-,14+,15-,16-,17?/m1/s1. The monoisotopic (exact) mass is 340 g/mol. The summed E-state index contributed by atoms with van der Waals surface area (Å²) in [5.74, 6) is -0.688. The van der Waals surface area contributed by atoms with Crippen molar-refractivity contribution in [3.63, 3.8) is 0 Å². The van der Waals surface area contributed by atoms with E-state index in [1.807, 2.05) is 0 Å². The molecule has 2 aromatic rings. The lowest BCUT2D eigenvalue weighted by atomic mass is 9.81. The van der Waals surface area contributed by atoms with E-state index in [9.17, 15) is 20.0 Å². The van der Waals surface area contributed by atoms with Gasteiger partial charge in [-0.3, -0.25) is 19.8 Å². The molecule has 2 aromatic carbocycles. The number of ether oxygens (including phenoxy) is 1. The summed E-state index contributed by atoms with van der Waals surface area (Å²) in [5.41, 5.74) is 0.511. The number of nitro groups is 1. The van der Waals surface area contributed by atoms with Crippen molar-refractivity contribution in [3.05, 3.63) is 46.5 Å². The molecular formula is C18H16N2O5. The molecular weight excluding hydrogens is 324 g/mol. The summed E-state index contributed by atoms with van der Waals surface area (Å²) >= 11 is 0. The van der Waals surface area contributed by atoms with Crippen LogP contribution in [0.15, 0.2) is 36.4 Å². The number of rotatable bonds is 2. The molecule has 0 aliphatic carbocycles. The molecule has 1 amide bonds. The second-order valence-corrected chi connectivity index (χ2v) is 6.92. The van der Waals surface area contributed by atoms with Gasteiger partial charge < -0.3 is 9.84 Å². The van der Waals surface area contributed by atoms with Crippen molar-refractivity contribution in [1.29, 1.82) is 0 Å². The Balaban J connectivity index is 1.66. The first kappa shape index (κ1) is 14.8. The van der Waals surface area contributed by atoms with Crippen LogP contribution in [0, 0.1) is 22.0 Å². The number of carbonyl (C=O) groups excluding carboxylic acids is 1. The predicted molar refractivity (Wildman–Crippen MR) is 89.0 cm³/mol. The lowest BCUT2D eigenvalue weighted by Gasteiger charge is -2.26. The molecule has 1 unspecified atom stereocenters. The minimum atomic E-state index is -0.960. The maximum atomic E-state index is 13.0. The zero-order chi connectivity index (χ0) is 17.3. The van der Waals surface area contributed by atoms with Gasteiger partial charge in [-0.1, -0.05) is 18.2 Å². The van der Waals surface area contributed by atoms with Crippen molar-refractivity contribution in [3.8, 4) is 0 Å². The smallest absolute Gasteiger partial charge is 0.277 e. The van der Waals surface area contributed by atoms with Crippen molar-refractivity contribution in [1.82, 2.24) is 0 Å². The minimum absolute atomic E-state index is 0.0101. The Morgan fingerprint density at radius 1 is 1.12 bits per heavy atom. The van der Waals surface area contributed by atoms with Crippen molar-refractivity contribution in [2.45, 2.75) is 31.3 Å². The lowest BCUT2D eigenvalue weighted by molar-refractivity contribution is -0.383. The summed E-state index contributed by atoms with van der Waals surface area (Å²) in [4.78, 5) is 25.3. The van der Waals surface area contributed by atoms with E-state index in [4.69, 9.17) is 4.74 Å². The first-order valence-electron chi connectivity index (χ1n) is 8.40. The van der Waals surface area contributed by atoms with E-state index in [0.717, 1.165) is 12.8 Å². The Morgan fingerprint density at radius 2 is 1.84 bits per heavy atom. The van der Waals surface area contributed by atoms with Crippen LogP contribution in [0.1, 0.15) is 12.8 Å². The Kier molecular flexibility index (Phi) is 2.96. The third-order valence-corrected chi connectivity index (χ3v) is 5.80. The van der Waals surface area contributed by atoms with Gasteiger partial charge in [0, 0.05) is 17.4 Å². The Hall–Kier alpha value is -2.51. The quantitative estimate of drug-likeness (QED) is 0.668. The first-order chi connectivity index (χ1) is 12.1. The van der Waals surface area contributed by atoms with Crippen LogP contribution < -0.4 is 4.90 Å². The number of aliphatic hydroxyl groups is 1. The topological polar surface area (TPSA) is 92.9 Å². The summed E-state index contributed by atoms with van der Waals surface area (Å²) in [5, 5.41) is 23.2. The fraction of sp³-hybridized carbons (Fsp3) is 0.389. The molecule has 7 nitrogen and oxygen atoms in total. The fourth-order valence-corrected chi connectivity index (χ4v) is 4.78. The van der Waals surface area contributed by atoms with E-state index in [0.29, 0.717) is 16.5 Å². The van der Waals surface area contributed by atoms with Crippen molar-refractivity contribution < 1.29 is 19.6 Å². The molecule has 3 heterocycles. The number of hydrogen-bond donors (Lipinski definition) is 1. The van der Waals surface area contributed by atoms with Gasteiger partial charge in [0.2, 0.25) is 5.91 Å². The van der Waals surface area contributed by atoms with E-state index >= 15 is 0 Å². The van der Waals surface area contributed by atoms with Gasteiger partial charge in [0.15, 0.2) is 0 Å². The number of aliphatic hydroxyl groups excluding tert-OH is 1. The average Bonchev–Trinajstić information content (AvgIpc) is 3.28. The largest absolute Gasteiger partial charge is 0.374 e. The molecule has 0 aromatic heterocycles. The SMILES string of the molecule is O=C1[C@H]2[C@H](C(O)N1c1ccc([N+](=O)[O-])c3ccccc13)[C@H]1CC[C@@H]2O1. The number of anilines is 1. The van der Waals surface area contributed by atoms with Crippen molar-refractivity contribution in [2.75, 3.05) is 4.90 Å². The molecule has 5 atom stereocenters.